The average molecular weight is 392 g/mol. The van der Waals surface area contributed by atoms with Gasteiger partial charge in [-0.2, -0.15) is 0 Å². The normalized spacial score (nSPS) is 13.6. The van der Waals surface area contributed by atoms with Gasteiger partial charge in [0.15, 0.2) is 5.65 Å². The molecule has 3 aromatic rings. The Hall–Kier alpha value is -3.22. The van der Waals surface area contributed by atoms with Crippen LogP contribution in [-0.2, 0) is 13.1 Å². The van der Waals surface area contributed by atoms with Gasteiger partial charge in [-0.05, 0) is 37.8 Å². The predicted molar refractivity (Wildman–Crippen MR) is 111 cm³/mol. The zero-order chi connectivity index (χ0) is 20.5. The fraction of sp³-hybridized carbons (Fsp3) is 0.364. The molecule has 1 amide bonds. The highest BCUT2D eigenvalue weighted by atomic mass is 16.2. The first-order valence-corrected chi connectivity index (χ1v) is 9.99. The molecule has 1 aromatic carbocycles. The number of rotatable bonds is 6. The number of fused-ring (bicyclic) bond motifs is 1. The number of nitrogens with one attached hydrogen (secondary N) is 2. The van der Waals surface area contributed by atoms with Crippen LogP contribution in [0.15, 0.2) is 39.9 Å². The molecule has 0 unspecified atom stereocenters. The number of H-pyrrole nitrogens is 1. The van der Waals surface area contributed by atoms with Gasteiger partial charge in [0, 0.05) is 24.7 Å². The number of carbonyl (C=O) groups excluding carboxylic acids is 1. The average Bonchev–Trinajstić information content (AvgIpc) is 3.55. The summed E-state index contributed by atoms with van der Waals surface area (Å²) < 4.78 is 1.46. The van der Waals surface area contributed by atoms with Crippen LogP contribution in [0.4, 0.5) is 0 Å². The lowest BCUT2D eigenvalue weighted by Crippen LogP contribution is -2.33. The van der Waals surface area contributed by atoms with Crippen LogP contribution in [0.2, 0.25) is 0 Å². The summed E-state index contributed by atoms with van der Waals surface area (Å²) in [7, 11) is 0. The van der Waals surface area contributed by atoms with Gasteiger partial charge in [0.25, 0.3) is 11.5 Å². The van der Waals surface area contributed by atoms with E-state index in [0.29, 0.717) is 25.2 Å². The zero-order valence-corrected chi connectivity index (χ0v) is 16.6. The third-order valence-corrected chi connectivity index (χ3v) is 5.23. The Labute approximate surface area is 167 Å². The highest BCUT2D eigenvalue weighted by Gasteiger charge is 2.28. The van der Waals surface area contributed by atoms with Crippen molar-refractivity contribution in [1.29, 1.82) is 0 Å². The number of nitrogens with zero attached hydrogens (tertiary/aromatic N) is 2. The van der Waals surface area contributed by atoms with Gasteiger partial charge in [-0.15, -0.1) is 0 Å². The van der Waals surface area contributed by atoms with Crippen LogP contribution in [0.1, 0.15) is 59.3 Å². The van der Waals surface area contributed by atoms with Crippen molar-refractivity contribution in [3.8, 4) is 0 Å². The molecule has 7 nitrogen and oxygen atoms in total. The van der Waals surface area contributed by atoms with Crippen LogP contribution in [0.3, 0.4) is 0 Å². The Kier molecular flexibility index (Phi) is 5.05. The van der Waals surface area contributed by atoms with E-state index in [4.69, 9.17) is 0 Å². The van der Waals surface area contributed by atoms with Crippen molar-refractivity contribution in [3.05, 3.63) is 73.6 Å². The van der Waals surface area contributed by atoms with Crippen molar-refractivity contribution < 1.29 is 4.79 Å². The molecule has 2 heterocycles. The van der Waals surface area contributed by atoms with E-state index in [9.17, 15) is 14.4 Å². The van der Waals surface area contributed by atoms with Crippen molar-refractivity contribution in [3.63, 3.8) is 0 Å². The summed E-state index contributed by atoms with van der Waals surface area (Å²) in [6, 6.07) is 9.61. The second-order valence-corrected chi connectivity index (χ2v) is 7.65. The highest BCUT2D eigenvalue weighted by Crippen LogP contribution is 2.39. The molecule has 0 saturated heterocycles. The fourth-order valence-electron chi connectivity index (χ4n) is 3.48. The van der Waals surface area contributed by atoms with Crippen molar-refractivity contribution in [1.82, 2.24) is 19.9 Å². The number of aromatic amines is 1. The lowest BCUT2D eigenvalue weighted by Gasteiger charge is -2.13. The Morgan fingerprint density at radius 1 is 1.24 bits per heavy atom. The van der Waals surface area contributed by atoms with Crippen LogP contribution in [0.5, 0.6) is 0 Å². The van der Waals surface area contributed by atoms with Crippen molar-refractivity contribution in [2.24, 2.45) is 0 Å². The van der Waals surface area contributed by atoms with Crippen LogP contribution in [-0.4, -0.2) is 20.4 Å². The SMILES string of the molecule is CCCn1c(=O)[nH]c(=O)c2c(C(=O)NCc3ccc(C)cc3)cc(C3CC3)nc21. The first kappa shape index (κ1) is 19.1. The molecule has 2 aromatic heterocycles. The molecule has 1 aliphatic rings. The van der Waals surface area contributed by atoms with Crippen molar-refractivity contribution in [2.45, 2.75) is 52.1 Å². The second kappa shape index (κ2) is 7.66. The van der Waals surface area contributed by atoms with Gasteiger partial charge in [0.2, 0.25) is 0 Å². The number of pyridine rings is 1. The monoisotopic (exact) mass is 392 g/mol. The number of benzene rings is 1. The molecule has 1 saturated carbocycles. The van der Waals surface area contributed by atoms with Gasteiger partial charge in [-0.1, -0.05) is 36.8 Å². The standard InChI is InChI=1S/C22H24N4O3/c1-3-10-26-19-18(21(28)25-22(26)29)16(11-17(24-19)15-8-9-15)20(27)23-12-14-6-4-13(2)5-7-14/h4-7,11,15H,3,8-10,12H2,1-2H3,(H,23,27)(H,25,28,29). The summed E-state index contributed by atoms with van der Waals surface area (Å²) in [5.41, 5.74) is 2.40. The molecule has 150 valence electrons. The smallest absolute Gasteiger partial charge is 0.329 e. The molecule has 0 bridgehead atoms. The topological polar surface area (TPSA) is 96.9 Å². The minimum absolute atomic E-state index is 0.170. The second-order valence-electron chi connectivity index (χ2n) is 7.65. The van der Waals surface area contributed by atoms with Gasteiger partial charge in [-0.25, -0.2) is 9.78 Å². The predicted octanol–water partition coefficient (Wildman–Crippen LogP) is 2.61. The summed E-state index contributed by atoms with van der Waals surface area (Å²) in [6.07, 6.45) is 2.72. The van der Waals surface area contributed by atoms with Gasteiger partial charge < -0.3 is 5.32 Å². The molecule has 2 N–H and O–H groups in total. The summed E-state index contributed by atoms with van der Waals surface area (Å²) >= 11 is 0. The van der Waals surface area contributed by atoms with Crippen molar-refractivity contribution >= 4 is 16.9 Å². The quantitative estimate of drug-likeness (QED) is 0.674. The third-order valence-electron chi connectivity index (χ3n) is 5.23. The molecular formula is C22H24N4O3. The van der Waals surface area contributed by atoms with Crippen LogP contribution in [0, 0.1) is 6.92 Å². The first-order valence-electron chi connectivity index (χ1n) is 9.99. The lowest BCUT2D eigenvalue weighted by molar-refractivity contribution is 0.0952. The Bertz CT molecular complexity index is 1190. The number of carbonyl (C=O) groups is 1. The first-order chi connectivity index (χ1) is 14.0. The van der Waals surface area contributed by atoms with Gasteiger partial charge in [0.1, 0.15) is 0 Å². The van der Waals surface area contributed by atoms with Crippen molar-refractivity contribution in [2.75, 3.05) is 0 Å². The molecule has 0 aliphatic heterocycles. The van der Waals surface area contributed by atoms with Crippen LogP contribution >= 0.6 is 0 Å². The van der Waals surface area contributed by atoms with Crippen LogP contribution in [0.25, 0.3) is 11.0 Å². The van der Waals surface area contributed by atoms with Crippen LogP contribution < -0.4 is 16.6 Å². The summed E-state index contributed by atoms with van der Waals surface area (Å²) in [5, 5.41) is 3.07. The summed E-state index contributed by atoms with van der Waals surface area (Å²) in [6.45, 7) is 4.74. The molecule has 0 radical (unpaired) electrons. The van der Waals surface area contributed by atoms with E-state index in [1.165, 1.54) is 4.57 Å². The summed E-state index contributed by atoms with van der Waals surface area (Å²) in [4.78, 5) is 44.9. The third kappa shape index (κ3) is 3.85. The maximum absolute atomic E-state index is 13.0. The van der Waals surface area contributed by atoms with Gasteiger partial charge in [0.05, 0.1) is 10.9 Å². The molecule has 0 spiro atoms. The highest BCUT2D eigenvalue weighted by molar-refractivity contribution is 6.05. The van der Waals surface area contributed by atoms with E-state index in [2.05, 4.69) is 15.3 Å². The number of amides is 1. The Balaban J connectivity index is 1.78. The molecule has 1 aliphatic carbocycles. The molecule has 4 rings (SSSR count). The lowest BCUT2D eigenvalue weighted by atomic mass is 10.1. The number of hydrogen-bond acceptors (Lipinski definition) is 4. The molecule has 29 heavy (non-hydrogen) atoms. The number of hydrogen-bond donors (Lipinski definition) is 2. The number of aryl methyl sites for hydroxylation is 2. The molecule has 0 atom stereocenters. The van der Waals surface area contributed by atoms with E-state index < -0.39 is 11.2 Å². The summed E-state index contributed by atoms with van der Waals surface area (Å²) in [5.74, 6) is -0.0559. The maximum Gasteiger partial charge on any atom is 0.329 e. The van der Waals surface area contributed by atoms with E-state index >= 15 is 0 Å². The zero-order valence-electron chi connectivity index (χ0n) is 16.6. The Morgan fingerprint density at radius 3 is 2.62 bits per heavy atom. The maximum atomic E-state index is 13.0. The van der Waals surface area contributed by atoms with Gasteiger partial charge in [-0.3, -0.25) is 19.1 Å². The van der Waals surface area contributed by atoms with E-state index in [1.54, 1.807) is 6.07 Å². The van der Waals surface area contributed by atoms with Gasteiger partial charge >= 0.3 is 5.69 Å². The largest absolute Gasteiger partial charge is 0.348 e. The van der Waals surface area contributed by atoms with E-state index in [0.717, 1.165) is 29.7 Å². The van der Waals surface area contributed by atoms with E-state index in [-0.39, 0.29) is 22.8 Å². The fourth-order valence-corrected chi connectivity index (χ4v) is 3.48. The number of aromatic nitrogens is 3. The Morgan fingerprint density at radius 2 is 1.97 bits per heavy atom. The minimum atomic E-state index is -0.576. The molecule has 7 heteroatoms. The molecular weight excluding hydrogens is 368 g/mol. The minimum Gasteiger partial charge on any atom is -0.348 e. The van der Waals surface area contributed by atoms with E-state index in [1.807, 2.05) is 38.1 Å². The molecule has 1 fully saturated rings.